The van der Waals surface area contributed by atoms with E-state index in [1.165, 1.54) is 11.3 Å². The summed E-state index contributed by atoms with van der Waals surface area (Å²) < 4.78 is 11.8. The van der Waals surface area contributed by atoms with Crippen LogP contribution in [0.2, 0.25) is 0 Å². The third-order valence-electron chi connectivity index (χ3n) is 6.11. The van der Waals surface area contributed by atoms with Crippen LogP contribution in [0.4, 0.5) is 15.6 Å². The van der Waals surface area contributed by atoms with Crippen LogP contribution in [0.5, 0.6) is 11.6 Å². The molecule has 0 aliphatic carbocycles. The molecule has 0 saturated carbocycles. The molecule has 2 aromatic carbocycles. The Morgan fingerprint density at radius 2 is 1.84 bits per heavy atom. The normalized spacial score (nSPS) is 13.1. The van der Waals surface area contributed by atoms with E-state index in [-0.39, 0.29) is 18.1 Å². The second kappa shape index (κ2) is 10.6. The van der Waals surface area contributed by atoms with E-state index >= 15 is 0 Å². The summed E-state index contributed by atoms with van der Waals surface area (Å²) in [5, 5.41) is 4.13. The second-order valence-electron chi connectivity index (χ2n) is 9.93. The number of ether oxygens (including phenoxy) is 2. The highest BCUT2D eigenvalue weighted by molar-refractivity contribution is 7.15. The molecule has 1 aliphatic rings. The van der Waals surface area contributed by atoms with Crippen molar-refractivity contribution in [1.82, 2.24) is 14.9 Å². The number of hydrogen-bond donors (Lipinski definition) is 1. The fourth-order valence-corrected chi connectivity index (χ4v) is 5.21. The van der Waals surface area contributed by atoms with Gasteiger partial charge in [0.2, 0.25) is 5.88 Å². The minimum Gasteiger partial charge on any atom is -0.445 e. The Morgan fingerprint density at radius 1 is 1.05 bits per heavy atom. The van der Waals surface area contributed by atoms with Crippen LogP contribution >= 0.6 is 11.3 Å². The topological polar surface area (TPSA) is 76.6 Å². The van der Waals surface area contributed by atoms with Crippen LogP contribution in [0.15, 0.2) is 72.9 Å². The van der Waals surface area contributed by atoms with Crippen LogP contribution in [-0.2, 0) is 29.7 Å². The number of carbonyl (C=O) groups is 1. The van der Waals surface area contributed by atoms with Gasteiger partial charge in [-0.3, -0.25) is 0 Å². The highest BCUT2D eigenvalue weighted by atomic mass is 32.1. The quantitative estimate of drug-likeness (QED) is 0.297. The minimum atomic E-state index is -0.308. The number of fused-ring (bicyclic) bond motifs is 1. The average Bonchev–Trinajstić information content (AvgIpc) is 3.30. The monoisotopic (exact) mass is 514 g/mol. The number of nitrogens with one attached hydrogen (secondary N) is 1. The fourth-order valence-electron chi connectivity index (χ4n) is 4.18. The van der Waals surface area contributed by atoms with E-state index < -0.39 is 0 Å². The lowest BCUT2D eigenvalue weighted by Gasteiger charge is -2.25. The summed E-state index contributed by atoms with van der Waals surface area (Å²) in [5.41, 5.74) is 3.75. The molecule has 2 aromatic heterocycles. The molecule has 5 rings (SSSR count). The van der Waals surface area contributed by atoms with Crippen molar-refractivity contribution in [1.29, 1.82) is 0 Å². The summed E-state index contributed by atoms with van der Waals surface area (Å²) in [6.45, 7) is 7.81. The van der Waals surface area contributed by atoms with Crippen LogP contribution in [0.25, 0.3) is 0 Å². The van der Waals surface area contributed by atoms with Gasteiger partial charge in [0.1, 0.15) is 18.0 Å². The largest absolute Gasteiger partial charge is 0.445 e. The van der Waals surface area contributed by atoms with E-state index in [1.54, 1.807) is 11.1 Å². The zero-order valence-electron chi connectivity index (χ0n) is 21.2. The standard InChI is InChI=1S/C29H30N4O3S/c1-29(2,3)21-12-7-8-14-24(21)36-26-23(13-9-16-30-26)32-27-31-22-15-17-33(18-25(22)37-27)28(34)35-19-20-10-5-4-6-11-20/h4-14,16H,15,17-19H2,1-3H3,(H,31,32). The number of pyridine rings is 1. The van der Waals surface area contributed by atoms with Crippen molar-refractivity contribution in [3.8, 4) is 11.6 Å². The molecule has 0 fully saturated rings. The van der Waals surface area contributed by atoms with E-state index in [1.807, 2.05) is 60.7 Å². The van der Waals surface area contributed by atoms with Gasteiger partial charge in [0, 0.05) is 29.6 Å². The first-order chi connectivity index (χ1) is 17.9. The van der Waals surface area contributed by atoms with Crippen molar-refractivity contribution in [2.75, 3.05) is 11.9 Å². The third-order valence-corrected chi connectivity index (χ3v) is 7.11. The third kappa shape index (κ3) is 5.91. The smallest absolute Gasteiger partial charge is 0.410 e. The van der Waals surface area contributed by atoms with Gasteiger partial charge in [-0.05, 0) is 29.2 Å². The zero-order valence-corrected chi connectivity index (χ0v) is 22.0. The summed E-state index contributed by atoms with van der Waals surface area (Å²) in [6.07, 6.45) is 2.09. The number of anilines is 2. The van der Waals surface area contributed by atoms with E-state index in [9.17, 15) is 4.79 Å². The van der Waals surface area contributed by atoms with Crippen molar-refractivity contribution in [3.63, 3.8) is 0 Å². The second-order valence-corrected chi connectivity index (χ2v) is 11.0. The lowest BCUT2D eigenvalue weighted by molar-refractivity contribution is 0.0921. The summed E-state index contributed by atoms with van der Waals surface area (Å²) in [6, 6.07) is 21.5. The zero-order chi connectivity index (χ0) is 25.8. The lowest BCUT2D eigenvalue weighted by atomic mass is 9.86. The Balaban J connectivity index is 1.27. The van der Waals surface area contributed by atoms with Gasteiger partial charge >= 0.3 is 6.09 Å². The van der Waals surface area contributed by atoms with Gasteiger partial charge in [-0.2, -0.15) is 0 Å². The lowest BCUT2D eigenvalue weighted by Crippen LogP contribution is -2.35. The van der Waals surface area contributed by atoms with Gasteiger partial charge in [0.05, 0.1) is 12.2 Å². The highest BCUT2D eigenvalue weighted by Crippen LogP contribution is 2.37. The molecule has 1 N–H and O–H groups in total. The number of thiazole rings is 1. The summed E-state index contributed by atoms with van der Waals surface area (Å²) in [5.74, 6) is 1.26. The van der Waals surface area contributed by atoms with E-state index in [0.29, 0.717) is 25.4 Å². The first-order valence-corrected chi connectivity index (χ1v) is 13.1. The summed E-state index contributed by atoms with van der Waals surface area (Å²) in [4.78, 5) is 24.7. The van der Waals surface area contributed by atoms with Crippen molar-refractivity contribution >= 4 is 28.2 Å². The minimum absolute atomic E-state index is 0.0680. The first-order valence-electron chi connectivity index (χ1n) is 12.3. The van der Waals surface area contributed by atoms with Crippen molar-refractivity contribution < 1.29 is 14.3 Å². The van der Waals surface area contributed by atoms with Gasteiger partial charge in [-0.1, -0.05) is 80.6 Å². The number of amides is 1. The average molecular weight is 515 g/mol. The number of hydrogen-bond acceptors (Lipinski definition) is 7. The van der Waals surface area contributed by atoms with Crippen LogP contribution < -0.4 is 10.1 Å². The summed E-state index contributed by atoms with van der Waals surface area (Å²) in [7, 11) is 0. The van der Waals surface area contributed by atoms with Crippen molar-refractivity contribution in [2.45, 2.75) is 45.8 Å². The molecule has 1 aliphatic heterocycles. The Kier molecular flexibility index (Phi) is 7.10. The molecule has 0 radical (unpaired) electrons. The number of aromatic nitrogens is 2. The molecular weight excluding hydrogens is 484 g/mol. The molecule has 1 amide bonds. The molecule has 37 heavy (non-hydrogen) atoms. The molecule has 0 atom stereocenters. The number of carbonyl (C=O) groups excluding carboxylic acids is 1. The number of rotatable bonds is 6. The Labute approximate surface area is 221 Å². The molecule has 4 aromatic rings. The Hall–Kier alpha value is -3.91. The maximum absolute atomic E-state index is 12.6. The molecule has 0 bridgehead atoms. The van der Waals surface area contributed by atoms with Crippen molar-refractivity contribution in [3.05, 3.63) is 94.6 Å². The van der Waals surface area contributed by atoms with Crippen LogP contribution in [0.1, 0.15) is 42.5 Å². The molecule has 8 heteroatoms. The molecule has 190 valence electrons. The van der Waals surface area contributed by atoms with E-state index in [2.05, 4.69) is 37.1 Å². The van der Waals surface area contributed by atoms with Gasteiger partial charge < -0.3 is 19.7 Å². The number of nitrogens with zero attached hydrogens (tertiary/aromatic N) is 3. The maximum Gasteiger partial charge on any atom is 0.410 e. The van der Waals surface area contributed by atoms with E-state index in [4.69, 9.17) is 14.5 Å². The maximum atomic E-state index is 12.6. The number of para-hydroxylation sites is 1. The number of benzene rings is 2. The first kappa shape index (κ1) is 24.8. The van der Waals surface area contributed by atoms with Crippen LogP contribution in [-0.4, -0.2) is 27.5 Å². The van der Waals surface area contributed by atoms with Gasteiger partial charge in [0.15, 0.2) is 5.13 Å². The van der Waals surface area contributed by atoms with Crippen molar-refractivity contribution in [2.24, 2.45) is 0 Å². The van der Waals surface area contributed by atoms with Gasteiger partial charge in [0.25, 0.3) is 0 Å². The van der Waals surface area contributed by atoms with Crippen LogP contribution in [0, 0.1) is 0 Å². The summed E-state index contributed by atoms with van der Waals surface area (Å²) >= 11 is 1.53. The molecule has 0 spiro atoms. The molecule has 7 nitrogen and oxygen atoms in total. The van der Waals surface area contributed by atoms with Gasteiger partial charge in [-0.25, -0.2) is 14.8 Å². The SMILES string of the molecule is CC(C)(C)c1ccccc1Oc1ncccc1Nc1nc2c(s1)CN(C(=O)OCc1ccccc1)CC2. The van der Waals surface area contributed by atoms with E-state index in [0.717, 1.165) is 38.3 Å². The predicted octanol–water partition coefficient (Wildman–Crippen LogP) is 7.07. The molecule has 3 heterocycles. The fraction of sp³-hybridized carbons (Fsp3) is 0.276. The molecule has 0 unspecified atom stereocenters. The predicted molar refractivity (Wildman–Crippen MR) is 146 cm³/mol. The molecule has 0 saturated heterocycles. The Bertz CT molecular complexity index is 1380. The van der Waals surface area contributed by atoms with Crippen LogP contribution in [0.3, 0.4) is 0 Å². The molecular formula is C29H30N4O3S. The highest BCUT2D eigenvalue weighted by Gasteiger charge is 2.26. The van der Waals surface area contributed by atoms with Gasteiger partial charge in [-0.15, -0.1) is 0 Å². The Morgan fingerprint density at radius 3 is 2.65 bits per heavy atom.